The average molecular weight is 282 g/mol. The predicted octanol–water partition coefficient (Wildman–Crippen LogP) is 5.00. The van der Waals surface area contributed by atoms with Gasteiger partial charge in [-0.1, -0.05) is 25.5 Å². The Balaban J connectivity index is 2.16. The van der Waals surface area contributed by atoms with E-state index in [0.717, 1.165) is 30.6 Å². The summed E-state index contributed by atoms with van der Waals surface area (Å²) >= 11 is 0. The molecule has 0 fully saturated rings. The van der Waals surface area contributed by atoms with Gasteiger partial charge in [0.1, 0.15) is 5.82 Å². The number of allylic oxidation sites excluding steroid dienone is 3. The highest BCUT2D eigenvalue weighted by Crippen LogP contribution is 2.31. The molecule has 0 atom stereocenters. The van der Waals surface area contributed by atoms with E-state index in [9.17, 15) is 4.39 Å². The second-order valence-electron chi connectivity index (χ2n) is 5.27. The third-order valence-electron chi connectivity index (χ3n) is 4.01. The summed E-state index contributed by atoms with van der Waals surface area (Å²) in [6.45, 7) is 4.34. The molecule has 1 aliphatic rings. The van der Waals surface area contributed by atoms with Crippen LogP contribution in [-0.4, -0.2) is 9.78 Å². The van der Waals surface area contributed by atoms with Gasteiger partial charge in [-0.05, 0) is 55.2 Å². The molecular weight excluding hydrogens is 263 g/mol. The number of benzene rings is 1. The predicted molar refractivity (Wildman–Crippen MR) is 84.7 cm³/mol. The summed E-state index contributed by atoms with van der Waals surface area (Å²) in [6, 6.07) is 6.48. The maximum atomic E-state index is 13.1. The van der Waals surface area contributed by atoms with Crippen LogP contribution < -0.4 is 0 Å². The smallest absolute Gasteiger partial charge is 0.123 e. The first-order valence-electron chi connectivity index (χ1n) is 7.45. The molecule has 108 valence electrons. The van der Waals surface area contributed by atoms with Crippen LogP contribution in [0.2, 0.25) is 0 Å². The van der Waals surface area contributed by atoms with Crippen LogP contribution in [0.5, 0.6) is 0 Å². The van der Waals surface area contributed by atoms with Gasteiger partial charge in [0.2, 0.25) is 0 Å². The summed E-state index contributed by atoms with van der Waals surface area (Å²) in [5.41, 5.74) is 5.90. The van der Waals surface area contributed by atoms with Crippen molar-refractivity contribution in [3.05, 3.63) is 59.2 Å². The highest BCUT2D eigenvalue weighted by Gasteiger charge is 2.16. The van der Waals surface area contributed by atoms with Crippen LogP contribution >= 0.6 is 0 Å². The number of nitrogens with zero attached hydrogens (tertiary/aromatic N) is 2. The first kappa shape index (κ1) is 13.8. The third kappa shape index (κ3) is 2.56. The number of fused-ring (bicyclic) bond motifs is 1. The van der Waals surface area contributed by atoms with Gasteiger partial charge in [0.05, 0.1) is 17.6 Å². The molecule has 2 nitrogen and oxygen atoms in total. The van der Waals surface area contributed by atoms with Crippen molar-refractivity contribution in [1.82, 2.24) is 9.78 Å². The maximum absolute atomic E-state index is 13.1. The van der Waals surface area contributed by atoms with Crippen molar-refractivity contribution in [2.75, 3.05) is 0 Å². The number of hydrogen-bond donors (Lipinski definition) is 0. The van der Waals surface area contributed by atoms with Gasteiger partial charge in [0.25, 0.3) is 0 Å². The standard InChI is InChI=1S/C18H19FN2/c1-3-13-5-6-14(4-2)17-12-20-21(18(17)11-13)16-9-7-15(19)8-10-16/h6-12H,3-5H2,1-2H3. The zero-order chi connectivity index (χ0) is 14.8. The van der Waals surface area contributed by atoms with E-state index in [1.54, 1.807) is 12.1 Å². The van der Waals surface area contributed by atoms with E-state index in [2.05, 4.69) is 31.1 Å². The first-order chi connectivity index (χ1) is 10.2. The van der Waals surface area contributed by atoms with Gasteiger partial charge in [-0.3, -0.25) is 0 Å². The highest BCUT2D eigenvalue weighted by atomic mass is 19.1. The SMILES string of the molecule is CCC1=Cc2c(cnn2-c2ccc(F)cc2)C(CC)=CC1. The minimum atomic E-state index is -0.226. The molecule has 0 unspecified atom stereocenters. The van der Waals surface area contributed by atoms with Crippen LogP contribution in [0.4, 0.5) is 4.39 Å². The van der Waals surface area contributed by atoms with E-state index >= 15 is 0 Å². The summed E-state index contributed by atoms with van der Waals surface area (Å²) in [7, 11) is 0. The molecule has 0 radical (unpaired) electrons. The largest absolute Gasteiger partial charge is 0.233 e. The Morgan fingerprint density at radius 2 is 1.90 bits per heavy atom. The van der Waals surface area contributed by atoms with E-state index in [0.29, 0.717) is 0 Å². The number of aromatic nitrogens is 2. The fraction of sp³-hybridized carbons (Fsp3) is 0.278. The fourth-order valence-corrected chi connectivity index (χ4v) is 2.73. The summed E-state index contributed by atoms with van der Waals surface area (Å²) < 4.78 is 15.0. The van der Waals surface area contributed by atoms with Crippen molar-refractivity contribution in [3.63, 3.8) is 0 Å². The normalized spacial score (nSPS) is 14.2. The number of halogens is 1. The molecule has 3 heteroatoms. The van der Waals surface area contributed by atoms with Gasteiger partial charge in [-0.25, -0.2) is 9.07 Å². The van der Waals surface area contributed by atoms with E-state index in [1.807, 2.05) is 10.9 Å². The minimum absolute atomic E-state index is 0.226. The second-order valence-corrected chi connectivity index (χ2v) is 5.27. The van der Waals surface area contributed by atoms with E-state index in [1.165, 1.54) is 28.8 Å². The Kier molecular flexibility index (Phi) is 3.74. The van der Waals surface area contributed by atoms with Crippen LogP contribution in [-0.2, 0) is 0 Å². The summed E-state index contributed by atoms with van der Waals surface area (Å²) in [4.78, 5) is 0. The molecule has 0 bridgehead atoms. The summed E-state index contributed by atoms with van der Waals surface area (Å²) in [6.07, 6.45) is 9.47. The minimum Gasteiger partial charge on any atom is -0.233 e. The van der Waals surface area contributed by atoms with E-state index < -0.39 is 0 Å². The third-order valence-corrected chi connectivity index (χ3v) is 4.01. The molecule has 21 heavy (non-hydrogen) atoms. The van der Waals surface area contributed by atoms with Crippen LogP contribution in [0, 0.1) is 5.82 Å². The van der Waals surface area contributed by atoms with Crippen LogP contribution in [0.3, 0.4) is 0 Å². The van der Waals surface area contributed by atoms with Gasteiger partial charge >= 0.3 is 0 Å². The second kappa shape index (κ2) is 5.68. The first-order valence-corrected chi connectivity index (χ1v) is 7.45. The van der Waals surface area contributed by atoms with Gasteiger partial charge in [-0.2, -0.15) is 5.10 Å². The van der Waals surface area contributed by atoms with Crippen molar-refractivity contribution in [3.8, 4) is 5.69 Å². The molecule has 2 aromatic rings. The molecule has 0 spiro atoms. The lowest BCUT2D eigenvalue weighted by molar-refractivity contribution is 0.627. The van der Waals surface area contributed by atoms with Crippen molar-refractivity contribution in [1.29, 1.82) is 0 Å². The lowest BCUT2D eigenvalue weighted by Gasteiger charge is -2.07. The molecule has 0 amide bonds. The van der Waals surface area contributed by atoms with Crippen molar-refractivity contribution < 1.29 is 4.39 Å². The Morgan fingerprint density at radius 1 is 1.14 bits per heavy atom. The molecule has 3 rings (SSSR count). The Morgan fingerprint density at radius 3 is 2.57 bits per heavy atom. The molecule has 0 aliphatic heterocycles. The highest BCUT2D eigenvalue weighted by molar-refractivity contribution is 5.76. The van der Waals surface area contributed by atoms with Crippen molar-refractivity contribution >= 4 is 11.6 Å². The Bertz CT molecular complexity index is 705. The van der Waals surface area contributed by atoms with Crippen LogP contribution in [0.25, 0.3) is 17.3 Å². The van der Waals surface area contributed by atoms with Gasteiger partial charge in [0.15, 0.2) is 0 Å². The topological polar surface area (TPSA) is 17.8 Å². The molecule has 0 saturated heterocycles. The molecule has 1 aromatic heterocycles. The maximum Gasteiger partial charge on any atom is 0.123 e. The van der Waals surface area contributed by atoms with Gasteiger partial charge in [-0.15, -0.1) is 0 Å². The average Bonchev–Trinajstić information content (AvgIpc) is 2.82. The van der Waals surface area contributed by atoms with Crippen molar-refractivity contribution in [2.24, 2.45) is 0 Å². The lowest BCUT2D eigenvalue weighted by atomic mass is 10.0. The molecule has 1 heterocycles. The van der Waals surface area contributed by atoms with Crippen LogP contribution in [0.1, 0.15) is 44.4 Å². The molecular formula is C18H19FN2. The molecule has 0 N–H and O–H groups in total. The lowest BCUT2D eigenvalue weighted by Crippen LogP contribution is -2.00. The van der Waals surface area contributed by atoms with Crippen molar-refractivity contribution in [2.45, 2.75) is 33.1 Å². The molecule has 1 aliphatic carbocycles. The summed E-state index contributed by atoms with van der Waals surface area (Å²) in [5.74, 6) is -0.226. The summed E-state index contributed by atoms with van der Waals surface area (Å²) in [5, 5.41) is 4.52. The van der Waals surface area contributed by atoms with Gasteiger partial charge in [0, 0.05) is 5.56 Å². The zero-order valence-corrected chi connectivity index (χ0v) is 12.4. The van der Waals surface area contributed by atoms with Gasteiger partial charge < -0.3 is 0 Å². The Labute approximate surface area is 124 Å². The number of hydrogen-bond acceptors (Lipinski definition) is 1. The van der Waals surface area contributed by atoms with E-state index in [4.69, 9.17) is 0 Å². The monoisotopic (exact) mass is 282 g/mol. The molecule has 0 saturated carbocycles. The van der Waals surface area contributed by atoms with Crippen LogP contribution in [0.15, 0.2) is 42.1 Å². The van der Waals surface area contributed by atoms with E-state index in [-0.39, 0.29) is 5.82 Å². The quantitative estimate of drug-likeness (QED) is 0.774. The zero-order valence-electron chi connectivity index (χ0n) is 12.4. The number of rotatable bonds is 3. The molecule has 1 aromatic carbocycles. The fourth-order valence-electron chi connectivity index (χ4n) is 2.73. The Hall–Kier alpha value is -2.16.